The van der Waals surface area contributed by atoms with E-state index in [-0.39, 0.29) is 29.1 Å². The molecule has 1 unspecified atom stereocenters. The Hall–Kier alpha value is -4.26. The van der Waals surface area contributed by atoms with Gasteiger partial charge in [0, 0.05) is 18.2 Å². The molecular weight excluding hydrogens is 408 g/mol. The molecule has 1 N–H and O–H groups in total. The van der Waals surface area contributed by atoms with Gasteiger partial charge < -0.3 is 10.0 Å². The first kappa shape index (κ1) is 21.0. The molecule has 1 heterocycles. The molecule has 1 saturated heterocycles. The van der Waals surface area contributed by atoms with Crippen molar-refractivity contribution in [2.45, 2.75) is 12.5 Å². The van der Waals surface area contributed by atoms with Crippen LogP contribution in [0.25, 0.3) is 5.76 Å². The summed E-state index contributed by atoms with van der Waals surface area (Å²) in [4.78, 5) is 38.5. The minimum atomic E-state index is -1.07. The monoisotopic (exact) mass is 428 g/mol. The summed E-state index contributed by atoms with van der Waals surface area (Å²) >= 11 is 0. The maximum absolute atomic E-state index is 13.0. The molecule has 0 spiro atoms. The van der Waals surface area contributed by atoms with Crippen LogP contribution in [0.3, 0.4) is 0 Å². The number of rotatable bonds is 6. The van der Waals surface area contributed by atoms with Crippen molar-refractivity contribution >= 4 is 23.1 Å². The number of carbonyl (C=O) groups excluding carboxylic acids is 2. The summed E-state index contributed by atoms with van der Waals surface area (Å²) in [6.45, 7) is 0.164. The summed E-state index contributed by atoms with van der Waals surface area (Å²) in [6.07, 6.45) is 0.455. The van der Waals surface area contributed by atoms with Crippen LogP contribution in [-0.4, -0.2) is 33.2 Å². The number of hydrogen-bond donors (Lipinski definition) is 1. The molecule has 1 aliphatic rings. The van der Waals surface area contributed by atoms with Crippen molar-refractivity contribution in [2.75, 3.05) is 6.54 Å². The number of amides is 1. The Labute approximate surface area is 184 Å². The summed E-state index contributed by atoms with van der Waals surface area (Å²) in [6, 6.07) is 22.7. The molecule has 32 heavy (non-hydrogen) atoms. The zero-order chi connectivity index (χ0) is 22.7. The summed E-state index contributed by atoms with van der Waals surface area (Å²) in [7, 11) is 0. The summed E-state index contributed by atoms with van der Waals surface area (Å²) in [5.74, 6) is -2.00. The molecule has 3 aromatic carbocycles. The van der Waals surface area contributed by atoms with E-state index in [2.05, 4.69) is 0 Å². The van der Waals surface area contributed by atoms with E-state index in [0.717, 1.165) is 5.56 Å². The first-order chi connectivity index (χ1) is 15.5. The molecule has 1 aliphatic heterocycles. The van der Waals surface area contributed by atoms with Crippen LogP contribution in [0.2, 0.25) is 0 Å². The van der Waals surface area contributed by atoms with E-state index < -0.39 is 22.7 Å². The van der Waals surface area contributed by atoms with Gasteiger partial charge in [-0.3, -0.25) is 19.7 Å². The number of aliphatic hydroxyl groups is 1. The van der Waals surface area contributed by atoms with E-state index in [1.807, 2.05) is 30.3 Å². The van der Waals surface area contributed by atoms with E-state index in [1.54, 1.807) is 36.4 Å². The highest BCUT2D eigenvalue weighted by Gasteiger charge is 2.47. The fraction of sp³-hybridized carbons (Fsp3) is 0.120. The van der Waals surface area contributed by atoms with Gasteiger partial charge in [-0.1, -0.05) is 72.8 Å². The average molecular weight is 428 g/mol. The first-order valence-electron chi connectivity index (χ1n) is 10.1. The minimum Gasteiger partial charge on any atom is -0.507 e. The highest BCUT2D eigenvalue weighted by Crippen LogP contribution is 2.42. The molecule has 0 aromatic heterocycles. The second kappa shape index (κ2) is 8.85. The SMILES string of the molecule is O=C1C(=O)N(CCc2ccccc2)C(c2ccccc2[N+](=O)[O-])/C1=C(/O)c1ccccc1. The van der Waals surface area contributed by atoms with Gasteiger partial charge in [-0.05, 0) is 18.1 Å². The van der Waals surface area contributed by atoms with Crippen molar-refractivity contribution in [3.63, 3.8) is 0 Å². The molecule has 7 heteroatoms. The van der Waals surface area contributed by atoms with Crippen molar-refractivity contribution in [3.05, 3.63) is 117 Å². The number of para-hydroxylation sites is 1. The lowest BCUT2D eigenvalue weighted by molar-refractivity contribution is -0.385. The Bertz CT molecular complexity index is 1210. The van der Waals surface area contributed by atoms with Gasteiger partial charge in [-0.25, -0.2) is 0 Å². The number of hydrogen-bond acceptors (Lipinski definition) is 5. The second-order valence-electron chi connectivity index (χ2n) is 7.41. The van der Waals surface area contributed by atoms with E-state index in [4.69, 9.17) is 0 Å². The molecule has 0 bridgehead atoms. The molecule has 3 aromatic rings. The number of nitro groups is 1. The molecule has 1 fully saturated rings. The van der Waals surface area contributed by atoms with Crippen molar-refractivity contribution in [1.82, 2.24) is 4.90 Å². The molecule has 160 valence electrons. The summed E-state index contributed by atoms with van der Waals surface area (Å²) in [5.41, 5.74) is 1.13. The predicted molar refractivity (Wildman–Crippen MR) is 119 cm³/mol. The quantitative estimate of drug-likeness (QED) is 0.208. The Balaban J connectivity index is 1.85. The smallest absolute Gasteiger partial charge is 0.295 e. The van der Waals surface area contributed by atoms with Gasteiger partial charge >= 0.3 is 0 Å². The predicted octanol–water partition coefficient (Wildman–Crippen LogP) is 4.26. The number of carbonyl (C=O) groups is 2. The van der Waals surface area contributed by atoms with E-state index in [1.165, 1.54) is 23.1 Å². The van der Waals surface area contributed by atoms with Crippen LogP contribution in [0.1, 0.15) is 22.7 Å². The normalized spacial score (nSPS) is 17.5. The van der Waals surface area contributed by atoms with Crippen LogP contribution in [0, 0.1) is 10.1 Å². The van der Waals surface area contributed by atoms with E-state index in [0.29, 0.717) is 12.0 Å². The second-order valence-corrected chi connectivity index (χ2v) is 7.41. The van der Waals surface area contributed by atoms with Crippen LogP contribution < -0.4 is 0 Å². The van der Waals surface area contributed by atoms with Crippen molar-refractivity contribution < 1.29 is 19.6 Å². The molecular formula is C25H20N2O5. The number of aliphatic hydroxyl groups excluding tert-OH is 1. The van der Waals surface area contributed by atoms with Crippen LogP contribution in [0.15, 0.2) is 90.5 Å². The maximum Gasteiger partial charge on any atom is 0.295 e. The first-order valence-corrected chi connectivity index (χ1v) is 10.1. The standard InChI is InChI=1S/C25H20N2O5/c28-23(18-11-5-2-6-12-18)21-22(19-13-7-8-14-20(19)27(31)32)26(25(30)24(21)29)16-15-17-9-3-1-4-10-17/h1-14,22,28H,15-16H2/b23-21-. The number of benzene rings is 3. The molecule has 0 aliphatic carbocycles. The summed E-state index contributed by atoms with van der Waals surface area (Å²) < 4.78 is 0. The minimum absolute atomic E-state index is 0.149. The zero-order valence-electron chi connectivity index (χ0n) is 17.0. The lowest BCUT2D eigenvalue weighted by Gasteiger charge is -2.25. The highest BCUT2D eigenvalue weighted by atomic mass is 16.6. The number of nitrogens with zero attached hydrogens (tertiary/aromatic N) is 2. The van der Waals surface area contributed by atoms with Crippen molar-refractivity contribution in [1.29, 1.82) is 0 Å². The average Bonchev–Trinajstić information content (AvgIpc) is 3.08. The largest absolute Gasteiger partial charge is 0.507 e. The van der Waals surface area contributed by atoms with Crippen LogP contribution in [0.4, 0.5) is 5.69 Å². The van der Waals surface area contributed by atoms with Gasteiger partial charge in [-0.15, -0.1) is 0 Å². The molecule has 0 saturated carbocycles. The third-order valence-corrected chi connectivity index (χ3v) is 5.50. The van der Waals surface area contributed by atoms with Gasteiger partial charge in [-0.2, -0.15) is 0 Å². The number of ketones is 1. The molecule has 1 atom stereocenters. The van der Waals surface area contributed by atoms with Gasteiger partial charge in [0.2, 0.25) is 0 Å². The van der Waals surface area contributed by atoms with Crippen LogP contribution >= 0.6 is 0 Å². The Kier molecular flexibility index (Phi) is 5.81. The molecule has 0 radical (unpaired) electrons. The third-order valence-electron chi connectivity index (χ3n) is 5.50. The van der Waals surface area contributed by atoms with Crippen molar-refractivity contribution in [3.8, 4) is 0 Å². The topological polar surface area (TPSA) is 101 Å². The number of Topliss-reactive ketones (excluding diaryl/α,β-unsaturated/α-hetero) is 1. The van der Waals surface area contributed by atoms with Gasteiger partial charge in [0.15, 0.2) is 0 Å². The molecule has 7 nitrogen and oxygen atoms in total. The number of nitro benzene ring substituents is 1. The Morgan fingerprint density at radius 1 is 0.906 bits per heavy atom. The fourth-order valence-electron chi connectivity index (χ4n) is 3.96. The fourth-order valence-corrected chi connectivity index (χ4v) is 3.96. The lowest BCUT2D eigenvalue weighted by Crippen LogP contribution is -2.32. The van der Waals surface area contributed by atoms with Crippen LogP contribution in [0.5, 0.6) is 0 Å². The Morgan fingerprint density at radius 3 is 2.16 bits per heavy atom. The summed E-state index contributed by atoms with van der Waals surface area (Å²) in [5, 5.41) is 22.7. The van der Waals surface area contributed by atoms with Gasteiger partial charge in [0.25, 0.3) is 17.4 Å². The lowest BCUT2D eigenvalue weighted by atomic mass is 9.94. The van der Waals surface area contributed by atoms with Gasteiger partial charge in [0.1, 0.15) is 5.76 Å². The van der Waals surface area contributed by atoms with E-state index >= 15 is 0 Å². The highest BCUT2D eigenvalue weighted by molar-refractivity contribution is 6.46. The zero-order valence-corrected chi connectivity index (χ0v) is 17.0. The molecule has 4 rings (SSSR count). The van der Waals surface area contributed by atoms with E-state index in [9.17, 15) is 24.8 Å². The number of likely N-dealkylation sites (tertiary alicyclic amines) is 1. The maximum atomic E-state index is 13.0. The third kappa shape index (κ3) is 3.88. The van der Waals surface area contributed by atoms with Gasteiger partial charge in [0.05, 0.1) is 22.1 Å². The molecule has 1 amide bonds. The Morgan fingerprint density at radius 2 is 1.50 bits per heavy atom. The van der Waals surface area contributed by atoms with Crippen molar-refractivity contribution in [2.24, 2.45) is 0 Å². The van der Waals surface area contributed by atoms with Crippen LogP contribution in [-0.2, 0) is 16.0 Å².